The molecule has 12 heavy (non-hydrogen) atoms. The third-order valence-corrected chi connectivity index (χ3v) is 1.27. The highest BCUT2D eigenvalue weighted by Gasteiger charge is 1.79. The number of rotatable bonds is 4. The largest absolute Gasteiger partial charge is 0.234 e. The van der Waals surface area contributed by atoms with Gasteiger partial charge >= 0.3 is 0 Å². The lowest BCUT2D eigenvalue weighted by Crippen LogP contribution is -1.77. The molecule has 0 atom stereocenters. The third-order valence-electron chi connectivity index (χ3n) is 1.27. The summed E-state index contributed by atoms with van der Waals surface area (Å²) < 4.78 is 0. The number of unbranched alkanes of at least 4 members (excludes halogenated alkanes) is 2. The predicted octanol–water partition coefficient (Wildman–Crippen LogP) is 3.09. The summed E-state index contributed by atoms with van der Waals surface area (Å²) in [5.41, 5.74) is 0. The van der Waals surface area contributed by atoms with Gasteiger partial charge in [-0.05, 0) is 20.3 Å². The molecule has 0 heterocycles. The van der Waals surface area contributed by atoms with Gasteiger partial charge in [-0.15, -0.1) is 0 Å². The van der Waals surface area contributed by atoms with Crippen LogP contribution < -0.4 is 0 Å². The number of hydrogen-bond acceptors (Lipinski definition) is 2. The number of allylic oxidation sites excluding steroid dienone is 2. The van der Waals surface area contributed by atoms with E-state index < -0.39 is 0 Å². The van der Waals surface area contributed by atoms with E-state index in [2.05, 4.69) is 11.9 Å². The zero-order chi connectivity index (χ0) is 9.66. The lowest BCUT2D eigenvalue weighted by atomic mass is 10.3. The number of hydrogen-bond donors (Lipinski definition) is 0. The summed E-state index contributed by atoms with van der Waals surface area (Å²) in [6.07, 6.45) is 8.85. The smallest absolute Gasteiger partial charge is 0.211 e. The highest BCUT2D eigenvalue weighted by Crippen LogP contribution is 1.91. The fraction of sp³-hybridized carbons (Fsp3) is 0.700. The molecule has 2 heteroatoms. The van der Waals surface area contributed by atoms with Crippen LogP contribution in [0.4, 0.5) is 0 Å². The molecular formula is C10H19NO. The van der Waals surface area contributed by atoms with Crippen molar-refractivity contribution in [1.82, 2.24) is 0 Å². The minimum atomic E-state index is 0.650. The van der Waals surface area contributed by atoms with Gasteiger partial charge in [0.2, 0.25) is 6.08 Å². The van der Waals surface area contributed by atoms with E-state index in [4.69, 9.17) is 0 Å². The second kappa shape index (κ2) is 16.6. The molecule has 0 bridgehead atoms. The standard InChI is InChI=1S/C6H11NO.C4H8/c1-2-3-4-5-7-6-8;1-3-4-2/h2-5H2,1H3;3-4H,1-2H3. The van der Waals surface area contributed by atoms with Gasteiger partial charge in [0.25, 0.3) is 0 Å². The Morgan fingerprint density at radius 1 is 1.25 bits per heavy atom. The molecule has 0 spiro atoms. The molecule has 0 aromatic heterocycles. The van der Waals surface area contributed by atoms with Crippen LogP contribution in [0.1, 0.15) is 40.0 Å². The zero-order valence-corrected chi connectivity index (χ0v) is 8.34. The van der Waals surface area contributed by atoms with Crippen molar-refractivity contribution in [2.24, 2.45) is 4.99 Å². The van der Waals surface area contributed by atoms with Crippen LogP contribution in [0.5, 0.6) is 0 Å². The number of carbonyl (C=O) groups excluding carboxylic acids is 1. The van der Waals surface area contributed by atoms with Gasteiger partial charge in [-0.3, -0.25) is 0 Å². The molecule has 70 valence electrons. The minimum Gasteiger partial charge on any atom is -0.211 e. The van der Waals surface area contributed by atoms with Gasteiger partial charge in [-0.1, -0.05) is 31.9 Å². The Hall–Kier alpha value is -0.880. The molecule has 0 aromatic carbocycles. The average molecular weight is 169 g/mol. The second-order valence-electron chi connectivity index (χ2n) is 2.35. The van der Waals surface area contributed by atoms with E-state index in [9.17, 15) is 4.79 Å². The van der Waals surface area contributed by atoms with Crippen molar-refractivity contribution >= 4 is 6.08 Å². The Bertz CT molecular complexity index is 131. The Morgan fingerprint density at radius 2 is 1.83 bits per heavy atom. The van der Waals surface area contributed by atoms with E-state index in [0.29, 0.717) is 6.54 Å². The van der Waals surface area contributed by atoms with Crippen molar-refractivity contribution in [3.63, 3.8) is 0 Å². The van der Waals surface area contributed by atoms with Crippen LogP contribution in [0.25, 0.3) is 0 Å². The van der Waals surface area contributed by atoms with E-state index in [1.807, 2.05) is 26.0 Å². The van der Waals surface area contributed by atoms with Crippen molar-refractivity contribution in [3.8, 4) is 0 Å². The first-order valence-corrected chi connectivity index (χ1v) is 4.44. The third kappa shape index (κ3) is 22.9. The van der Waals surface area contributed by atoms with Gasteiger partial charge in [-0.2, -0.15) is 0 Å². The summed E-state index contributed by atoms with van der Waals surface area (Å²) in [6.45, 7) is 6.77. The van der Waals surface area contributed by atoms with Crippen LogP contribution >= 0.6 is 0 Å². The fourth-order valence-corrected chi connectivity index (χ4v) is 0.487. The number of aliphatic imine (C=N–C) groups is 1. The number of nitrogens with zero attached hydrogens (tertiary/aromatic N) is 1. The summed E-state index contributed by atoms with van der Waals surface area (Å²) in [4.78, 5) is 12.9. The van der Waals surface area contributed by atoms with Crippen LogP contribution in [-0.4, -0.2) is 12.6 Å². The molecule has 0 aliphatic heterocycles. The maximum atomic E-state index is 9.48. The molecule has 0 radical (unpaired) electrons. The highest BCUT2D eigenvalue weighted by molar-refractivity contribution is 5.32. The molecule has 0 aliphatic carbocycles. The first kappa shape index (κ1) is 13.7. The second-order valence-corrected chi connectivity index (χ2v) is 2.35. The molecule has 0 saturated carbocycles. The molecule has 0 aromatic rings. The first-order chi connectivity index (χ1) is 5.83. The first-order valence-electron chi connectivity index (χ1n) is 4.44. The Kier molecular flexibility index (Phi) is 18.9. The van der Waals surface area contributed by atoms with E-state index in [-0.39, 0.29) is 0 Å². The van der Waals surface area contributed by atoms with Crippen molar-refractivity contribution in [1.29, 1.82) is 0 Å². The lowest BCUT2D eigenvalue weighted by molar-refractivity contribution is 0.561. The van der Waals surface area contributed by atoms with E-state index >= 15 is 0 Å². The normalized spacial score (nSPS) is 8.58. The van der Waals surface area contributed by atoms with Gasteiger partial charge < -0.3 is 0 Å². The molecule has 2 nitrogen and oxygen atoms in total. The maximum absolute atomic E-state index is 9.48. The van der Waals surface area contributed by atoms with Crippen LogP contribution in [0.3, 0.4) is 0 Å². The fourth-order valence-electron chi connectivity index (χ4n) is 0.487. The lowest BCUT2D eigenvalue weighted by Gasteiger charge is -1.86. The van der Waals surface area contributed by atoms with Crippen LogP contribution in [-0.2, 0) is 4.79 Å². The van der Waals surface area contributed by atoms with Crippen molar-refractivity contribution in [2.75, 3.05) is 6.54 Å². The molecule has 0 fully saturated rings. The monoisotopic (exact) mass is 169 g/mol. The molecule has 0 N–H and O–H groups in total. The Balaban J connectivity index is 0. The molecule has 0 unspecified atom stereocenters. The molecule has 0 rings (SSSR count). The Morgan fingerprint density at radius 3 is 2.17 bits per heavy atom. The number of isocyanates is 1. The van der Waals surface area contributed by atoms with Gasteiger partial charge in [0, 0.05) is 0 Å². The maximum Gasteiger partial charge on any atom is 0.234 e. The summed E-state index contributed by atoms with van der Waals surface area (Å²) in [6, 6.07) is 0. The summed E-state index contributed by atoms with van der Waals surface area (Å²) in [7, 11) is 0. The topological polar surface area (TPSA) is 29.4 Å². The Labute approximate surface area is 75.4 Å². The van der Waals surface area contributed by atoms with Gasteiger partial charge in [0.15, 0.2) is 0 Å². The minimum absolute atomic E-state index is 0.650. The molecule has 0 aliphatic rings. The van der Waals surface area contributed by atoms with Crippen molar-refractivity contribution < 1.29 is 4.79 Å². The van der Waals surface area contributed by atoms with Crippen molar-refractivity contribution in [2.45, 2.75) is 40.0 Å². The van der Waals surface area contributed by atoms with Gasteiger partial charge in [-0.25, -0.2) is 9.79 Å². The van der Waals surface area contributed by atoms with Crippen molar-refractivity contribution in [3.05, 3.63) is 12.2 Å². The summed E-state index contributed by atoms with van der Waals surface area (Å²) >= 11 is 0. The quantitative estimate of drug-likeness (QED) is 0.275. The van der Waals surface area contributed by atoms with Crippen LogP contribution in [0.15, 0.2) is 17.1 Å². The highest BCUT2D eigenvalue weighted by atomic mass is 16.1. The van der Waals surface area contributed by atoms with E-state index in [1.54, 1.807) is 0 Å². The molecule has 0 saturated heterocycles. The van der Waals surface area contributed by atoms with Gasteiger partial charge in [0.1, 0.15) is 0 Å². The average Bonchev–Trinajstić information content (AvgIpc) is 2.13. The predicted molar refractivity (Wildman–Crippen MR) is 53.0 cm³/mol. The zero-order valence-electron chi connectivity index (χ0n) is 8.34. The molecule has 0 amide bonds. The summed E-state index contributed by atoms with van der Waals surface area (Å²) in [5.74, 6) is 0. The van der Waals surface area contributed by atoms with E-state index in [1.165, 1.54) is 12.5 Å². The molecular weight excluding hydrogens is 150 g/mol. The van der Waals surface area contributed by atoms with Gasteiger partial charge in [0.05, 0.1) is 6.54 Å². The summed E-state index contributed by atoms with van der Waals surface area (Å²) in [5, 5.41) is 0. The van der Waals surface area contributed by atoms with E-state index in [0.717, 1.165) is 12.8 Å². The SMILES string of the molecule is CC=CC.CCCCCN=C=O. The van der Waals surface area contributed by atoms with Crippen LogP contribution in [0.2, 0.25) is 0 Å². The van der Waals surface area contributed by atoms with Crippen LogP contribution in [0, 0.1) is 0 Å².